The van der Waals surface area contributed by atoms with Crippen molar-refractivity contribution in [3.63, 3.8) is 0 Å². The van der Waals surface area contributed by atoms with Gasteiger partial charge in [-0.05, 0) is 31.3 Å². The summed E-state index contributed by atoms with van der Waals surface area (Å²) >= 11 is 8.56. The summed E-state index contributed by atoms with van der Waals surface area (Å²) < 4.78 is 10.8. The van der Waals surface area contributed by atoms with E-state index in [1.54, 1.807) is 0 Å². The predicted molar refractivity (Wildman–Crippen MR) is 64.1 cm³/mol. The first-order chi connectivity index (χ1) is 6.68. The van der Waals surface area contributed by atoms with E-state index in [9.17, 15) is 0 Å². The Morgan fingerprint density at radius 3 is 2.64 bits per heavy atom. The summed E-state index contributed by atoms with van der Waals surface area (Å²) in [7, 11) is 0. The van der Waals surface area contributed by atoms with Crippen LogP contribution < -0.4 is 4.74 Å². The fourth-order valence-corrected chi connectivity index (χ4v) is 1.28. The van der Waals surface area contributed by atoms with Crippen LogP contribution in [-0.2, 0) is 4.74 Å². The van der Waals surface area contributed by atoms with Gasteiger partial charge in [-0.2, -0.15) is 0 Å². The molecule has 0 radical (unpaired) electrons. The van der Waals surface area contributed by atoms with Gasteiger partial charge in [0.15, 0.2) is 0 Å². The first-order valence-electron chi connectivity index (χ1n) is 4.26. The third-order valence-electron chi connectivity index (χ3n) is 1.53. The summed E-state index contributed by atoms with van der Waals surface area (Å²) in [6.45, 7) is 2.34. The largest absolute Gasteiger partial charge is 0.490 e. The second kappa shape index (κ2) is 5.88. The first-order valence-corrected chi connectivity index (χ1v) is 5.11. The predicted octanol–water partition coefficient (Wildman–Crippen LogP) is 2.69. The number of rotatable bonds is 4. The van der Waals surface area contributed by atoms with Gasteiger partial charge in [0.1, 0.15) is 18.5 Å². The maximum atomic E-state index is 5.45. The minimum Gasteiger partial charge on any atom is -0.490 e. The molecule has 1 rings (SSSR count). The van der Waals surface area contributed by atoms with E-state index in [-0.39, 0.29) is 10.5 Å². The van der Waals surface area contributed by atoms with Crippen LogP contribution >= 0.6 is 24.8 Å². The van der Waals surface area contributed by atoms with E-state index in [2.05, 4.69) is 24.8 Å². The Kier molecular flexibility index (Phi) is 4.76. The van der Waals surface area contributed by atoms with Crippen molar-refractivity contribution in [2.45, 2.75) is 13.0 Å². The second-order valence-corrected chi connectivity index (χ2v) is 3.90. The Balaban J connectivity index is 2.30. The summed E-state index contributed by atoms with van der Waals surface area (Å²) in [4.78, 5) is 0. The number of hydrogen-bond donors (Lipinski definition) is 1. The summed E-state index contributed by atoms with van der Waals surface area (Å²) in [5.41, 5.74) is 0. The molecule has 0 saturated heterocycles. The Morgan fingerprint density at radius 2 is 2.07 bits per heavy atom. The lowest BCUT2D eigenvalue weighted by Crippen LogP contribution is -2.18. The van der Waals surface area contributed by atoms with E-state index in [0.717, 1.165) is 5.75 Å². The molecular formula is C10H12O2S2. The fourth-order valence-electron chi connectivity index (χ4n) is 0.936. The van der Waals surface area contributed by atoms with Crippen molar-refractivity contribution in [2.24, 2.45) is 0 Å². The molecule has 0 fully saturated rings. The van der Waals surface area contributed by atoms with Gasteiger partial charge in [0.25, 0.3) is 0 Å². The SMILES string of the molecule is CC(COc1ccccc1)OC(=S)S. The molecule has 1 atom stereocenters. The Labute approximate surface area is 94.6 Å². The minimum atomic E-state index is -0.0831. The van der Waals surface area contributed by atoms with Crippen LogP contribution in [0.2, 0.25) is 0 Å². The zero-order valence-electron chi connectivity index (χ0n) is 7.84. The molecule has 2 nitrogen and oxygen atoms in total. The van der Waals surface area contributed by atoms with Gasteiger partial charge in [0.2, 0.25) is 4.38 Å². The molecule has 0 N–H and O–H groups in total. The van der Waals surface area contributed by atoms with E-state index >= 15 is 0 Å². The molecule has 1 unspecified atom stereocenters. The molecule has 0 amide bonds. The lowest BCUT2D eigenvalue weighted by atomic mass is 10.3. The van der Waals surface area contributed by atoms with Crippen LogP contribution in [0.15, 0.2) is 30.3 Å². The monoisotopic (exact) mass is 228 g/mol. The van der Waals surface area contributed by atoms with Gasteiger partial charge in [-0.3, -0.25) is 0 Å². The molecule has 0 spiro atoms. The van der Waals surface area contributed by atoms with Crippen molar-refractivity contribution in [3.8, 4) is 5.75 Å². The number of ether oxygens (including phenoxy) is 2. The number of thiocarbonyl (C=S) groups is 1. The minimum absolute atomic E-state index is 0.0831. The molecule has 0 saturated carbocycles. The lowest BCUT2D eigenvalue weighted by Gasteiger charge is -2.13. The highest BCUT2D eigenvalue weighted by Gasteiger charge is 2.04. The van der Waals surface area contributed by atoms with Crippen molar-refractivity contribution < 1.29 is 9.47 Å². The van der Waals surface area contributed by atoms with E-state index < -0.39 is 0 Å². The van der Waals surface area contributed by atoms with Gasteiger partial charge in [-0.25, -0.2) is 0 Å². The molecule has 0 aromatic heterocycles. The average Bonchev–Trinajstić information content (AvgIpc) is 2.15. The van der Waals surface area contributed by atoms with E-state index in [4.69, 9.17) is 9.47 Å². The van der Waals surface area contributed by atoms with E-state index in [0.29, 0.717) is 6.61 Å². The van der Waals surface area contributed by atoms with Crippen LogP contribution in [0, 0.1) is 0 Å². The zero-order valence-corrected chi connectivity index (χ0v) is 9.55. The maximum Gasteiger partial charge on any atom is 0.217 e. The van der Waals surface area contributed by atoms with Gasteiger partial charge in [-0.1, -0.05) is 30.8 Å². The molecule has 0 bridgehead atoms. The fraction of sp³-hybridized carbons (Fsp3) is 0.300. The summed E-state index contributed by atoms with van der Waals surface area (Å²) in [6.07, 6.45) is -0.0831. The van der Waals surface area contributed by atoms with Crippen LogP contribution in [0.1, 0.15) is 6.92 Å². The van der Waals surface area contributed by atoms with Crippen molar-refractivity contribution in [2.75, 3.05) is 6.61 Å². The molecule has 1 aromatic rings. The summed E-state index contributed by atoms with van der Waals surface area (Å²) in [5.74, 6) is 0.827. The van der Waals surface area contributed by atoms with E-state index in [1.807, 2.05) is 37.3 Å². The molecule has 4 heteroatoms. The molecule has 1 aromatic carbocycles. The molecule has 0 heterocycles. The van der Waals surface area contributed by atoms with Crippen LogP contribution in [-0.4, -0.2) is 17.1 Å². The maximum absolute atomic E-state index is 5.45. The molecular weight excluding hydrogens is 216 g/mol. The average molecular weight is 228 g/mol. The number of thiol groups is 1. The highest BCUT2D eigenvalue weighted by Crippen LogP contribution is 2.09. The van der Waals surface area contributed by atoms with Crippen LogP contribution in [0.5, 0.6) is 5.75 Å². The van der Waals surface area contributed by atoms with Crippen molar-refractivity contribution in [3.05, 3.63) is 30.3 Å². The van der Waals surface area contributed by atoms with Gasteiger partial charge >= 0.3 is 0 Å². The molecule has 76 valence electrons. The highest BCUT2D eigenvalue weighted by molar-refractivity contribution is 8.10. The van der Waals surface area contributed by atoms with E-state index in [1.165, 1.54) is 0 Å². The second-order valence-electron chi connectivity index (χ2n) is 2.82. The zero-order chi connectivity index (χ0) is 10.4. The normalized spacial score (nSPS) is 11.9. The smallest absolute Gasteiger partial charge is 0.217 e. The Morgan fingerprint density at radius 1 is 1.43 bits per heavy atom. The Hall–Kier alpha value is -0.740. The topological polar surface area (TPSA) is 18.5 Å². The lowest BCUT2D eigenvalue weighted by molar-refractivity contribution is 0.141. The highest BCUT2D eigenvalue weighted by atomic mass is 32.1. The van der Waals surface area contributed by atoms with Gasteiger partial charge in [-0.15, -0.1) is 0 Å². The molecule has 0 aliphatic heterocycles. The van der Waals surface area contributed by atoms with Crippen LogP contribution in [0.4, 0.5) is 0 Å². The van der Waals surface area contributed by atoms with Crippen LogP contribution in [0.3, 0.4) is 0 Å². The number of para-hydroxylation sites is 1. The molecule has 0 aliphatic carbocycles. The number of benzene rings is 1. The first kappa shape index (κ1) is 11.3. The standard InChI is InChI=1S/C10H12O2S2/c1-8(12-10(13)14)7-11-9-5-3-2-4-6-9/h2-6,8H,7H2,1H3,(H,13,14). The third kappa shape index (κ3) is 4.48. The summed E-state index contributed by atoms with van der Waals surface area (Å²) in [6, 6.07) is 9.57. The third-order valence-corrected chi connectivity index (χ3v) is 1.73. The number of hydrogen-bond acceptors (Lipinski definition) is 3. The van der Waals surface area contributed by atoms with Crippen LogP contribution in [0.25, 0.3) is 0 Å². The molecule has 0 aliphatic rings. The van der Waals surface area contributed by atoms with Crippen molar-refractivity contribution in [1.82, 2.24) is 0 Å². The van der Waals surface area contributed by atoms with Gasteiger partial charge in [0, 0.05) is 0 Å². The summed E-state index contributed by atoms with van der Waals surface area (Å²) in [5, 5.41) is 0. The van der Waals surface area contributed by atoms with Crippen molar-refractivity contribution in [1.29, 1.82) is 0 Å². The van der Waals surface area contributed by atoms with Gasteiger partial charge < -0.3 is 9.47 Å². The van der Waals surface area contributed by atoms with Gasteiger partial charge in [0.05, 0.1) is 0 Å². The Bertz CT molecular complexity index is 287. The van der Waals surface area contributed by atoms with Crippen molar-refractivity contribution >= 4 is 29.2 Å². The quantitative estimate of drug-likeness (QED) is 0.631. The molecule has 14 heavy (non-hydrogen) atoms.